The van der Waals surface area contributed by atoms with E-state index in [4.69, 9.17) is 4.74 Å². The maximum Gasteiger partial charge on any atom is 0.126 e. The molecule has 17 heavy (non-hydrogen) atoms. The van der Waals surface area contributed by atoms with Crippen molar-refractivity contribution in [1.29, 1.82) is 0 Å². The van der Waals surface area contributed by atoms with Crippen molar-refractivity contribution in [3.8, 4) is 0 Å². The lowest BCUT2D eigenvalue weighted by molar-refractivity contribution is 0.0654. The molecule has 1 aromatic carbocycles. The van der Waals surface area contributed by atoms with Crippen molar-refractivity contribution in [2.75, 3.05) is 13.7 Å². The number of ether oxygens (including phenoxy) is 1. The van der Waals surface area contributed by atoms with Gasteiger partial charge in [-0.15, -0.1) is 0 Å². The summed E-state index contributed by atoms with van der Waals surface area (Å²) in [6, 6.07) is 3.37. The molecule has 2 atom stereocenters. The van der Waals surface area contributed by atoms with Crippen LogP contribution in [-0.4, -0.2) is 19.8 Å². The fraction of sp³-hybridized carbons (Fsp3) is 0.538. The van der Waals surface area contributed by atoms with Gasteiger partial charge in [0.1, 0.15) is 11.6 Å². The van der Waals surface area contributed by atoms with E-state index in [1.54, 1.807) is 7.11 Å². The van der Waals surface area contributed by atoms with Crippen LogP contribution in [0, 0.1) is 11.6 Å². The molecule has 1 aromatic rings. The zero-order valence-corrected chi connectivity index (χ0v) is 10.5. The molecule has 1 N–H and O–H groups in total. The summed E-state index contributed by atoms with van der Waals surface area (Å²) in [5.41, 5.74) is 0.582. The minimum atomic E-state index is -0.561. The molecule has 0 aliphatic rings. The second kappa shape index (κ2) is 6.67. The van der Waals surface area contributed by atoms with Crippen molar-refractivity contribution in [2.24, 2.45) is 0 Å². The van der Waals surface area contributed by atoms with Crippen molar-refractivity contribution >= 4 is 0 Å². The first kappa shape index (κ1) is 14.1. The predicted octanol–water partition coefficient (Wildman–Crippen LogP) is 3.04. The molecule has 0 aliphatic heterocycles. The Bertz CT molecular complexity index is 333. The Labute approximate surface area is 101 Å². The highest BCUT2D eigenvalue weighted by Crippen LogP contribution is 2.23. The van der Waals surface area contributed by atoms with Crippen LogP contribution >= 0.6 is 0 Å². The van der Waals surface area contributed by atoms with Crippen molar-refractivity contribution in [2.45, 2.75) is 32.4 Å². The van der Waals surface area contributed by atoms with Crippen LogP contribution in [-0.2, 0) is 4.74 Å². The highest BCUT2D eigenvalue weighted by molar-refractivity contribution is 5.22. The van der Waals surface area contributed by atoms with Crippen molar-refractivity contribution < 1.29 is 13.5 Å². The second-order valence-corrected chi connectivity index (χ2v) is 3.92. The molecule has 1 rings (SSSR count). The topological polar surface area (TPSA) is 21.3 Å². The van der Waals surface area contributed by atoms with Crippen LogP contribution in [0.15, 0.2) is 18.2 Å². The number of methoxy groups -OCH3 is 1. The van der Waals surface area contributed by atoms with Crippen LogP contribution in [0.5, 0.6) is 0 Å². The number of benzene rings is 1. The van der Waals surface area contributed by atoms with E-state index < -0.39 is 11.6 Å². The Kier molecular flexibility index (Phi) is 5.51. The van der Waals surface area contributed by atoms with Gasteiger partial charge in [0.25, 0.3) is 0 Å². The number of hydrogen-bond donors (Lipinski definition) is 1. The molecule has 2 unspecified atom stereocenters. The zero-order valence-electron chi connectivity index (χ0n) is 10.5. The Hall–Kier alpha value is -1.00. The highest BCUT2D eigenvalue weighted by atomic mass is 19.1. The second-order valence-electron chi connectivity index (χ2n) is 3.92. The van der Waals surface area contributed by atoms with Crippen LogP contribution in [0.25, 0.3) is 0 Å². The predicted molar refractivity (Wildman–Crippen MR) is 63.9 cm³/mol. The summed E-state index contributed by atoms with van der Waals surface area (Å²) in [6.07, 6.45) is 0.669. The summed E-state index contributed by atoms with van der Waals surface area (Å²) in [5.74, 6) is -1.12. The van der Waals surface area contributed by atoms with Crippen LogP contribution in [0.4, 0.5) is 8.78 Å². The first-order chi connectivity index (χ1) is 8.12. The van der Waals surface area contributed by atoms with E-state index in [9.17, 15) is 8.78 Å². The van der Waals surface area contributed by atoms with Gasteiger partial charge in [0.05, 0.1) is 12.1 Å². The molecule has 0 amide bonds. The van der Waals surface area contributed by atoms with Gasteiger partial charge in [0.2, 0.25) is 0 Å². The number of halogens is 2. The lowest BCUT2D eigenvalue weighted by Gasteiger charge is -2.26. The van der Waals surface area contributed by atoms with E-state index in [-0.39, 0.29) is 12.1 Å². The molecule has 0 fully saturated rings. The molecular formula is C13H19F2NO. The molecule has 4 heteroatoms. The number of hydrogen-bond acceptors (Lipinski definition) is 2. The Morgan fingerprint density at radius 1 is 1.18 bits per heavy atom. The monoisotopic (exact) mass is 243 g/mol. The van der Waals surface area contributed by atoms with E-state index in [0.29, 0.717) is 12.1 Å². The van der Waals surface area contributed by atoms with Crippen LogP contribution < -0.4 is 5.32 Å². The number of likely N-dealkylation sites (N-methyl/N-ethyl adjacent to an activating group) is 1. The molecule has 0 heterocycles. The highest BCUT2D eigenvalue weighted by Gasteiger charge is 2.21. The Morgan fingerprint density at radius 2 is 1.76 bits per heavy atom. The van der Waals surface area contributed by atoms with Crippen LogP contribution in [0.2, 0.25) is 0 Å². The van der Waals surface area contributed by atoms with Crippen molar-refractivity contribution in [1.82, 2.24) is 5.32 Å². The van der Waals surface area contributed by atoms with E-state index >= 15 is 0 Å². The van der Waals surface area contributed by atoms with Gasteiger partial charge in [-0.05, 0) is 30.7 Å². The van der Waals surface area contributed by atoms with Gasteiger partial charge in [-0.1, -0.05) is 13.8 Å². The summed E-state index contributed by atoms with van der Waals surface area (Å²) >= 11 is 0. The molecular weight excluding hydrogens is 224 g/mol. The fourth-order valence-corrected chi connectivity index (χ4v) is 1.98. The molecule has 2 nitrogen and oxygen atoms in total. The van der Waals surface area contributed by atoms with Crippen molar-refractivity contribution in [3.05, 3.63) is 35.4 Å². The molecule has 0 bridgehead atoms. The van der Waals surface area contributed by atoms with Gasteiger partial charge in [-0.25, -0.2) is 8.78 Å². The third-order valence-corrected chi connectivity index (χ3v) is 2.74. The average Bonchev–Trinajstić information content (AvgIpc) is 2.28. The van der Waals surface area contributed by atoms with Crippen LogP contribution in [0.1, 0.15) is 31.9 Å². The SMILES string of the molecule is CCNC(c1cc(F)cc(F)c1)C(CC)OC. The van der Waals surface area contributed by atoms with Gasteiger partial charge in [-0.2, -0.15) is 0 Å². The Morgan fingerprint density at radius 3 is 2.18 bits per heavy atom. The third-order valence-electron chi connectivity index (χ3n) is 2.74. The summed E-state index contributed by atoms with van der Waals surface area (Å²) < 4.78 is 31.7. The van der Waals surface area contributed by atoms with Gasteiger partial charge in [0, 0.05) is 13.2 Å². The average molecular weight is 243 g/mol. The van der Waals surface area contributed by atoms with E-state index in [0.717, 1.165) is 12.5 Å². The third kappa shape index (κ3) is 3.75. The maximum atomic E-state index is 13.2. The zero-order chi connectivity index (χ0) is 12.8. The molecule has 0 aromatic heterocycles. The summed E-state index contributed by atoms with van der Waals surface area (Å²) in [5, 5.41) is 3.20. The van der Waals surface area contributed by atoms with Gasteiger partial charge in [-0.3, -0.25) is 0 Å². The standard InChI is InChI=1S/C13H19F2NO/c1-4-12(17-3)13(16-5-2)9-6-10(14)8-11(15)7-9/h6-8,12-13,16H,4-5H2,1-3H3. The molecule has 0 saturated carbocycles. The molecule has 96 valence electrons. The van der Waals surface area contributed by atoms with Gasteiger partial charge < -0.3 is 10.1 Å². The van der Waals surface area contributed by atoms with Gasteiger partial charge in [0.15, 0.2) is 0 Å². The first-order valence-electron chi connectivity index (χ1n) is 5.84. The summed E-state index contributed by atoms with van der Waals surface area (Å²) in [4.78, 5) is 0. The lowest BCUT2D eigenvalue weighted by atomic mass is 9.99. The van der Waals surface area contributed by atoms with Crippen LogP contribution in [0.3, 0.4) is 0 Å². The summed E-state index contributed by atoms with van der Waals surface area (Å²) in [7, 11) is 1.61. The first-order valence-corrected chi connectivity index (χ1v) is 5.84. The van der Waals surface area contributed by atoms with E-state index in [2.05, 4.69) is 5.32 Å². The quantitative estimate of drug-likeness (QED) is 0.829. The number of nitrogens with one attached hydrogen (secondary N) is 1. The smallest absolute Gasteiger partial charge is 0.126 e. The van der Waals surface area contributed by atoms with Gasteiger partial charge >= 0.3 is 0 Å². The molecule has 0 spiro atoms. The fourth-order valence-electron chi connectivity index (χ4n) is 1.98. The molecule has 0 saturated heterocycles. The van der Waals surface area contributed by atoms with E-state index in [1.807, 2.05) is 13.8 Å². The molecule has 0 radical (unpaired) electrons. The Balaban J connectivity index is 3.03. The normalized spacial score (nSPS) is 14.6. The van der Waals surface area contributed by atoms with Crippen molar-refractivity contribution in [3.63, 3.8) is 0 Å². The minimum Gasteiger partial charge on any atom is -0.379 e. The number of rotatable bonds is 6. The van der Waals surface area contributed by atoms with E-state index in [1.165, 1.54) is 12.1 Å². The lowest BCUT2D eigenvalue weighted by Crippen LogP contribution is -2.33. The largest absolute Gasteiger partial charge is 0.379 e. The summed E-state index contributed by atoms with van der Waals surface area (Å²) in [6.45, 7) is 4.64. The maximum absolute atomic E-state index is 13.2. The molecule has 0 aliphatic carbocycles. The minimum absolute atomic E-state index is 0.101.